The monoisotopic (exact) mass is 469 g/mol. The molecule has 0 fully saturated rings. The molecule has 1 aromatic carbocycles. The normalized spacial score (nSPS) is 24.7. The molecule has 6 nitrogen and oxygen atoms in total. The van der Waals surface area contributed by atoms with Gasteiger partial charge in [0.2, 0.25) is 0 Å². The van der Waals surface area contributed by atoms with Crippen molar-refractivity contribution in [2.75, 3.05) is 6.61 Å². The first kappa shape index (κ1) is 19.5. The van der Waals surface area contributed by atoms with Gasteiger partial charge in [-0.25, -0.2) is 9.48 Å². The van der Waals surface area contributed by atoms with E-state index in [2.05, 4.69) is 34.9 Å². The largest absolute Gasteiger partial charge is 0.461 e. The van der Waals surface area contributed by atoms with Crippen LogP contribution >= 0.6 is 15.9 Å². The number of nitrogens with zero attached hydrogens (tertiary/aromatic N) is 3. The van der Waals surface area contributed by atoms with Crippen LogP contribution in [-0.4, -0.2) is 27.5 Å². The molecule has 0 saturated heterocycles. The molecule has 0 radical (unpaired) electrons. The zero-order chi connectivity index (χ0) is 21.0. The molecule has 0 amide bonds. The van der Waals surface area contributed by atoms with Crippen LogP contribution in [0.1, 0.15) is 66.2 Å². The molecule has 0 spiro atoms. The van der Waals surface area contributed by atoms with Gasteiger partial charge in [0.25, 0.3) is 0 Å². The van der Waals surface area contributed by atoms with Gasteiger partial charge in [-0.1, -0.05) is 34.9 Å². The second-order valence-electron chi connectivity index (χ2n) is 8.53. The van der Waals surface area contributed by atoms with Crippen LogP contribution in [0.25, 0.3) is 5.69 Å². The number of halogens is 1. The number of carbonyl (C=O) groups excluding carboxylic acids is 1. The highest BCUT2D eigenvalue weighted by molar-refractivity contribution is 9.10. The van der Waals surface area contributed by atoms with Crippen molar-refractivity contribution in [3.63, 3.8) is 0 Å². The van der Waals surface area contributed by atoms with E-state index in [0.717, 1.165) is 52.0 Å². The maximum absolute atomic E-state index is 12.8. The molecule has 0 saturated carbocycles. The first-order valence-corrected chi connectivity index (χ1v) is 11.2. The minimum atomic E-state index is -0.346. The molecule has 2 aliphatic carbocycles. The second kappa shape index (κ2) is 7.08. The van der Waals surface area contributed by atoms with Crippen molar-refractivity contribution >= 4 is 21.9 Å². The quantitative estimate of drug-likeness (QED) is 0.505. The first-order valence-electron chi connectivity index (χ1n) is 10.4. The van der Waals surface area contributed by atoms with Crippen molar-refractivity contribution in [3.8, 4) is 5.69 Å². The predicted molar refractivity (Wildman–Crippen MR) is 115 cm³/mol. The van der Waals surface area contributed by atoms with E-state index in [1.54, 1.807) is 0 Å². The lowest BCUT2D eigenvalue weighted by Crippen LogP contribution is -2.45. The van der Waals surface area contributed by atoms with E-state index in [-0.39, 0.29) is 17.3 Å². The molecule has 30 heavy (non-hydrogen) atoms. The van der Waals surface area contributed by atoms with Crippen LogP contribution in [0.4, 0.5) is 0 Å². The number of benzene rings is 1. The molecule has 5 rings (SSSR count). The molecule has 0 N–H and O–H groups in total. The smallest absolute Gasteiger partial charge is 0.359 e. The number of carbonyl (C=O) groups is 1. The van der Waals surface area contributed by atoms with Crippen molar-refractivity contribution in [2.24, 2.45) is 5.92 Å². The first-order chi connectivity index (χ1) is 14.4. The van der Waals surface area contributed by atoms with Crippen LogP contribution in [0.3, 0.4) is 0 Å². The molecule has 2 aliphatic rings. The average Bonchev–Trinajstić information content (AvgIpc) is 3.34. The molecule has 3 aromatic rings. The van der Waals surface area contributed by atoms with Crippen molar-refractivity contribution in [2.45, 2.75) is 51.4 Å². The molecule has 7 heteroatoms. The lowest BCUT2D eigenvalue weighted by Gasteiger charge is -2.47. The predicted octanol–water partition coefficient (Wildman–Crippen LogP) is 4.98. The molecule has 2 heterocycles. The number of hydrogen-bond donors (Lipinski definition) is 0. The summed E-state index contributed by atoms with van der Waals surface area (Å²) in [6.45, 7) is 6.68. The number of aromatic nitrogens is 3. The highest BCUT2D eigenvalue weighted by Crippen LogP contribution is 2.54. The summed E-state index contributed by atoms with van der Waals surface area (Å²) in [6, 6.07) is 8.04. The molecule has 0 bridgehead atoms. The highest BCUT2D eigenvalue weighted by atomic mass is 79.9. The lowest BCUT2D eigenvalue weighted by molar-refractivity contribution is 0.0517. The van der Waals surface area contributed by atoms with E-state index in [0.29, 0.717) is 18.2 Å². The summed E-state index contributed by atoms with van der Waals surface area (Å²) < 4.78 is 13.9. The van der Waals surface area contributed by atoms with Gasteiger partial charge in [0.15, 0.2) is 5.69 Å². The van der Waals surface area contributed by atoms with Crippen molar-refractivity contribution < 1.29 is 14.1 Å². The van der Waals surface area contributed by atoms with Crippen molar-refractivity contribution in [1.29, 1.82) is 0 Å². The van der Waals surface area contributed by atoms with Crippen LogP contribution in [0.2, 0.25) is 0 Å². The number of esters is 1. The average molecular weight is 470 g/mol. The Morgan fingerprint density at radius 1 is 1.37 bits per heavy atom. The van der Waals surface area contributed by atoms with E-state index < -0.39 is 0 Å². The Labute approximate surface area is 183 Å². The van der Waals surface area contributed by atoms with Gasteiger partial charge < -0.3 is 9.26 Å². The topological polar surface area (TPSA) is 70.2 Å². The van der Waals surface area contributed by atoms with Gasteiger partial charge in [0, 0.05) is 26.9 Å². The molecule has 0 aliphatic heterocycles. The second-order valence-corrected chi connectivity index (χ2v) is 9.44. The van der Waals surface area contributed by atoms with Gasteiger partial charge in [-0.2, -0.15) is 5.10 Å². The molecule has 0 unspecified atom stereocenters. The summed E-state index contributed by atoms with van der Waals surface area (Å²) in [4.78, 5) is 12.8. The molecule has 2 aromatic heterocycles. The summed E-state index contributed by atoms with van der Waals surface area (Å²) in [7, 11) is 0. The Kier molecular flexibility index (Phi) is 4.61. The lowest BCUT2D eigenvalue weighted by atomic mass is 9.56. The Hall–Kier alpha value is -2.41. The molecular formula is C23H24BrN3O3. The third kappa shape index (κ3) is 2.78. The van der Waals surface area contributed by atoms with E-state index in [4.69, 9.17) is 14.4 Å². The summed E-state index contributed by atoms with van der Waals surface area (Å²) in [6.07, 6.45) is 4.43. The summed E-state index contributed by atoms with van der Waals surface area (Å²) in [5.41, 5.74) is 4.48. The minimum absolute atomic E-state index is 0.184. The Balaban J connectivity index is 1.73. The minimum Gasteiger partial charge on any atom is -0.461 e. The fourth-order valence-corrected chi connectivity index (χ4v) is 5.84. The van der Waals surface area contributed by atoms with Crippen molar-refractivity contribution in [3.05, 3.63) is 63.2 Å². The van der Waals surface area contributed by atoms with Crippen LogP contribution in [0.5, 0.6) is 0 Å². The number of fused-ring (bicyclic) bond motifs is 4. The number of rotatable bonds is 3. The number of ether oxygens (including phenoxy) is 1. The van der Waals surface area contributed by atoms with Gasteiger partial charge in [-0.3, -0.25) is 0 Å². The third-order valence-corrected chi connectivity index (χ3v) is 7.37. The van der Waals surface area contributed by atoms with Crippen LogP contribution in [0.15, 0.2) is 39.5 Å². The van der Waals surface area contributed by atoms with Crippen molar-refractivity contribution in [1.82, 2.24) is 14.9 Å². The zero-order valence-electron chi connectivity index (χ0n) is 17.3. The van der Waals surface area contributed by atoms with Gasteiger partial charge in [0.1, 0.15) is 5.76 Å². The van der Waals surface area contributed by atoms with Crippen LogP contribution in [-0.2, 0) is 23.0 Å². The molecule has 156 valence electrons. The van der Waals surface area contributed by atoms with Gasteiger partial charge in [-0.15, -0.1) is 0 Å². The van der Waals surface area contributed by atoms with E-state index in [1.807, 2.05) is 42.1 Å². The maximum Gasteiger partial charge on any atom is 0.359 e. The Morgan fingerprint density at radius 2 is 2.13 bits per heavy atom. The van der Waals surface area contributed by atoms with Gasteiger partial charge in [-0.05, 0) is 56.4 Å². The number of hydrogen-bond acceptors (Lipinski definition) is 5. The Bertz CT molecular complexity index is 1120. The van der Waals surface area contributed by atoms with Crippen LogP contribution in [0, 0.1) is 5.92 Å². The van der Waals surface area contributed by atoms with Gasteiger partial charge >= 0.3 is 5.97 Å². The highest BCUT2D eigenvalue weighted by Gasteiger charge is 2.52. The third-order valence-electron chi connectivity index (χ3n) is 6.84. The standard InChI is InChI=1S/C23H24BrN3O3/c1-4-29-22(28)19-17-9-10-18-13(2)20-14(12-25-30-20)11-23(18,3)21(17)27(26-19)16-7-5-15(24)6-8-16/h5-8,12-13,18H,4,9-11H2,1-3H3/t13-,18-,23-/m1/s1. The fourth-order valence-electron chi connectivity index (χ4n) is 5.57. The Morgan fingerprint density at radius 3 is 2.87 bits per heavy atom. The molecule has 3 atom stereocenters. The van der Waals surface area contributed by atoms with E-state index in [9.17, 15) is 4.79 Å². The molecular weight excluding hydrogens is 446 g/mol. The SMILES string of the molecule is CCOC(=O)c1nn(-c2ccc(Br)cc2)c2c1CC[C@@H]1[C@@H](C)c3oncc3C[C@@]21C. The summed E-state index contributed by atoms with van der Waals surface area (Å²) in [5.74, 6) is 1.29. The zero-order valence-corrected chi connectivity index (χ0v) is 18.9. The van der Waals surface area contributed by atoms with Gasteiger partial charge in [0.05, 0.1) is 24.2 Å². The summed E-state index contributed by atoms with van der Waals surface area (Å²) in [5, 5.41) is 8.87. The fraction of sp³-hybridized carbons (Fsp3) is 0.435. The summed E-state index contributed by atoms with van der Waals surface area (Å²) >= 11 is 3.51. The van der Waals surface area contributed by atoms with E-state index in [1.165, 1.54) is 0 Å². The maximum atomic E-state index is 12.8. The van der Waals surface area contributed by atoms with E-state index >= 15 is 0 Å². The van der Waals surface area contributed by atoms with Crippen LogP contribution < -0.4 is 0 Å².